The van der Waals surface area contributed by atoms with Crippen LogP contribution in [0.25, 0.3) is 11.1 Å². The molecular formula is C18H19NO. The van der Waals surface area contributed by atoms with Gasteiger partial charge in [-0.2, -0.15) is 0 Å². The van der Waals surface area contributed by atoms with Crippen LogP contribution in [-0.2, 0) is 11.2 Å². The molecule has 2 aromatic rings. The van der Waals surface area contributed by atoms with E-state index >= 15 is 0 Å². The van der Waals surface area contributed by atoms with Crippen LogP contribution in [0.15, 0.2) is 42.5 Å². The highest BCUT2D eigenvalue weighted by atomic mass is 16.5. The van der Waals surface area contributed by atoms with Crippen LogP contribution < -0.4 is 5.32 Å². The van der Waals surface area contributed by atoms with Gasteiger partial charge in [0.2, 0.25) is 0 Å². The van der Waals surface area contributed by atoms with Gasteiger partial charge in [0.05, 0.1) is 6.61 Å². The predicted molar refractivity (Wildman–Crippen MR) is 82.1 cm³/mol. The van der Waals surface area contributed by atoms with Gasteiger partial charge < -0.3 is 10.1 Å². The van der Waals surface area contributed by atoms with E-state index in [0.717, 1.165) is 26.1 Å². The number of benzene rings is 2. The smallest absolute Gasteiger partial charge is 0.0667 e. The minimum Gasteiger partial charge on any atom is -0.380 e. The van der Waals surface area contributed by atoms with Crippen molar-refractivity contribution >= 4 is 5.69 Å². The molecule has 2 aliphatic rings. The summed E-state index contributed by atoms with van der Waals surface area (Å²) < 4.78 is 5.54. The maximum atomic E-state index is 5.54. The van der Waals surface area contributed by atoms with E-state index in [-0.39, 0.29) is 0 Å². The normalized spacial score (nSPS) is 20.3. The minimum atomic E-state index is 0.463. The predicted octanol–water partition coefficient (Wildman–Crippen LogP) is 3.85. The average Bonchev–Trinajstić information content (AvgIpc) is 2.86. The Morgan fingerprint density at radius 2 is 1.90 bits per heavy atom. The van der Waals surface area contributed by atoms with E-state index in [1.54, 1.807) is 0 Å². The maximum Gasteiger partial charge on any atom is 0.0667 e. The summed E-state index contributed by atoms with van der Waals surface area (Å²) in [6.45, 7) is 1.75. The fourth-order valence-corrected chi connectivity index (χ4v) is 3.33. The largest absolute Gasteiger partial charge is 0.380 e. The third-order valence-corrected chi connectivity index (χ3v) is 4.32. The van der Waals surface area contributed by atoms with E-state index < -0.39 is 0 Å². The second kappa shape index (κ2) is 4.95. The van der Waals surface area contributed by atoms with Crippen molar-refractivity contribution in [2.45, 2.75) is 25.3 Å². The molecule has 1 saturated heterocycles. The zero-order chi connectivity index (χ0) is 13.4. The summed E-state index contributed by atoms with van der Waals surface area (Å²) in [5, 5.41) is 3.61. The fourth-order valence-electron chi connectivity index (χ4n) is 3.33. The molecule has 1 unspecified atom stereocenters. The zero-order valence-corrected chi connectivity index (χ0v) is 11.6. The molecule has 2 heteroatoms. The molecule has 0 bridgehead atoms. The Kier molecular flexibility index (Phi) is 2.96. The van der Waals surface area contributed by atoms with Gasteiger partial charge >= 0.3 is 0 Å². The van der Waals surface area contributed by atoms with Crippen LogP contribution >= 0.6 is 0 Å². The van der Waals surface area contributed by atoms with Crippen molar-refractivity contribution in [1.29, 1.82) is 0 Å². The highest BCUT2D eigenvalue weighted by Gasteiger charge is 2.19. The van der Waals surface area contributed by atoms with Crippen molar-refractivity contribution in [1.82, 2.24) is 0 Å². The van der Waals surface area contributed by atoms with E-state index in [0.29, 0.717) is 6.04 Å². The summed E-state index contributed by atoms with van der Waals surface area (Å²) in [5.41, 5.74) is 6.90. The van der Waals surface area contributed by atoms with E-state index in [4.69, 9.17) is 4.74 Å². The lowest BCUT2D eigenvalue weighted by Gasteiger charge is -2.24. The Labute approximate surface area is 119 Å². The van der Waals surface area contributed by atoms with Gasteiger partial charge in [-0.25, -0.2) is 0 Å². The topological polar surface area (TPSA) is 21.3 Å². The van der Waals surface area contributed by atoms with Gasteiger partial charge in [-0.05, 0) is 53.6 Å². The van der Waals surface area contributed by atoms with Crippen molar-refractivity contribution in [2.75, 3.05) is 18.5 Å². The van der Waals surface area contributed by atoms with E-state index in [9.17, 15) is 0 Å². The molecule has 1 N–H and O–H groups in total. The lowest BCUT2D eigenvalue weighted by atomic mass is 10.0. The molecule has 0 amide bonds. The molecule has 0 saturated carbocycles. The van der Waals surface area contributed by atoms with Crippen molar-refractivity contribution in [3.63, 3.8) is 0 Å². The first kappa shape index (κ1) is 12.0. The summed E-state index contributed by atoms with van der Waals surface area (Å²) in [7, 11) is 0. The summed E-state index contributed by atoms with van der Waals surface area (Å²) in [6, 6.07) is 15.9. The standard InChI is InChI=1S/C18H19NO/c1-2-6-17-13(4-1)10-14-11-15(7-8-18(14)17)19-16-5-3-9-20-12-16/h1-2,4,6-8,11,16,19H,3,5,9-10,12H2. The molecular weight excluding hydrogens is 246 g/mol. The molecule has 4 rings (SSSR count). The number of nitrogens with one attached hydrogen (secondary N) is 1. The minimum absolute atomic E-state index is 0.463. The van der Waals surface area contributed by atoms with Gasteiger partial charge in [-0.1, -0.05) is 30.3 Å². The number of rotatable bonds is 2. The summed E-state index contributed by atoms with van der Waals surface area (Å²) in [4.78, 5) is 0. The maximum absolute atomic E-state index is 5.54. The number of hydrogen-bond donors (Lipinski definition) is 1. The molecule has 0 aromatic heterocycles. The van der Waals surface area contributed by atoms with Crippen molar-refractivity contribution < 1.29 is 4.74 Å². The summed E-state index contributed by atoms with van der Waals surface area (Å²) in [6.07, 6.45) is 3.42. The van der Waals surface area contributed by atoms with Gasteiger partial charge in [0.15, 0.2) is 0 Å². The number of ether oxygens (including phenoxy) is 1. The SMILES string of the molecule is c1ccc2c(c1)Cc1cc(NC3CCCOC3)ccc1-2. The molecule has 20 heavy (non-hydrogen) atoms. The molecule has 1 aliphatic heterocycles. The van der Waals surface area contributed by atoms with Gasteiger partial charge in [0.1, 0.15) is 0 Å². The van der Waals surface area contributed by atoms with Crippen LogP contribution in [0, 0.1) is 0 Å². The van der Waals surface area contributed by atoms with Gasteiger partial charge in [0, 0.05) is 18.3 Å². The van der Waals surface area contributed by atoms with Crippen LogP contribution in [0.4, 0.5) is 5.69 Å². The molecule has 1 heterocycles. The van der Waals surface area contributed by atoms with Crippen LogP contribution in [0.5, 0.6) is 0 Å². The first-order valence-corrected chi connectivity index (χ1v) is 7.46. The first-order chi connectivity index (χ1) is 9.90. The van der Waals surface area contributed by atoms with Crippen molar-refractivity contribution in [3.05, 3.63) is 53.6 Å². The monoisotopic (exact) mass is 265 g/mol. The number of hydrogen-bond acceptors (Lipinski definition) is 2. The molecule has 2 aromatic carbocycles. The second-order valence-electron chi connectivity index (χ2n) is 5.76. The third-order valence-electron chi connectivity index (χ3n) is 4.32. The van der Waals surface area contributed by atoms with E-state index in [2.05, 4.69) is 47.8 Å². The molecule has 1 atom stereocenters. The van der Waals surface area contributed by atoms with Crippen molar-refractivity contribution in [3.8, 4) is 11.1 Å². The quantitative estimate of drug-likeness (QED) is 0.760. The van der Waals surface area contributed by atoms with Gasteiger partial charge in [-0.15, -0.1) is 0 Å². The van der Waals surface area contributed by atoms with Crippen LogP contribution in [0.2, 0.25) is 0 Å². The lowest BCUT2D eigenvalue weighted by molar-refractivity contribution is 0.0876. The zero-order valence-electron chi connectivity index (χ0n) is 11.6. The Hall–Kier alpha value is -1.80. The molecule has 1 aliphatic carbocycles. The lowest BCUT2D eigenvalue weighted by Crippen LogP contribution is -2.29. The molecule has 0 radical (unpaired) electrons. The number of fused-ring (bicyclic) bond motifs is 3. The second-order valence-corrected chi connectivity index (χ2v) is 5.76. The van der Waals surface area contributed by atoms with Gasteiger partial charge in [-0.3, -0.25) is 0 Å². The molecule has 0 spiro atoms. The van der Waals surface area contributed by atoms with Crippen LogP contribution in [-0.4, -0.2) is 19.3 Å². The number of anilines is 1. The highest BCUT2D eigenvalue weighted by molar-refractivity contribution is 5.78. The molecule has 2 nitrogen and oxygen atoms in total. The summed E-state index contributed by atoms with van der Waals surface area (Å²) >= 11 is 0. The van der Waals surface area contributed by atoms with Gasteiger partial charge in [0.25, 0.3) is 0 Å². The third kappa shape index (κ3) is 2.10. The summed E-state index contributed by atoms with van der Waals surface area (Å²) in [5.74, 6) is 0. The highest BCUT2D eigenvalue weighted by Crippen LogP contribution is 2.37. The fraction of sp³-hybridized carbons (Fsp3) is 0.333. The molecule has 102 valence electrons. The Bertz CT molecular complexity index is 629. The Balaban J connectivity index is 1.58. The van der Waals surface area contributed by atoms with E-state index in [1.165, 1.54) is 34.4 Å². The first-order valence-electron chi connectivity index (χ1n) is 7.46. The average molecular weight is 265 g/mol. The Morgan fingerprint density at radius 1 is 1.00 bits per heavy atom. The van der Waals surface area contributed by atoms with Crippen LogP contribution in [0.3, 0.4) is 0 Å². The van der Waals surface area contributed by atoms with E-state index in [1.807, 2.05) is 0 Å². The van der Waals surface area contributed by atoms with Crippen LogP contribution in [0.1, 0.15) is 24.0 Å². The Morgan fingerprint density at radius 3 is 2.80 bits per heavy atom. The van der Waals surface area contributed by atoms with Crippen molar-refractivity contribution in [2.24, 2.45) is 0 Å². The molecule has 1 fully saturated rings.